The highest BCUT2D eigenvalue weighted by molar-refractivity contribution is 5.91. The first-order valence-electron chi connectivity index (χ1n) is 5.94. The van der Waals surface area contributed by atoms with Crippen molar-refractivity contribution in [1.82, 2.24) is 0 Å². The minimum Gasteiger partial charge on any atom is -0.507 e. The van der Waals surface area contributed by atoms with Gasteiger partial charge in [-0.15, -0.1) is 0 Å². The SMILES string of the molecule is O=C(O)c1cccc(C/C=C/c2ccccc2)c1O. The molecule has 0 radical (unpaired) electrons. The number of hydrogen-bond acceptors (Lipinski definition) is 2. The first kappa shape index (κ1) is 12.9. The highest BCUT2D eigenvalue weighted by atomic mass is 16.4. The number of rotatable bonds is 4. The second-order valence-corrected chi connectivity index (χ2v) is 4.14. The molecule has 3 nitrogen and oxygen atoms in total. The van der Waals surface area contributed by atoms with Crippen LogP contribution in [0.3, 0.4) is 0 Å². The Hall–Kier alpha value is -2.55. The summed E-state index contributed by atoms with van der Waals surface area (Å²) in [6.07, 6.45) is 4.32. The van der Waals surface area contributed by atoms with Crippen LogP contribution < -0.4 is 0 Å². The van der Waals surface area contributed by atoms with Crippen molar-refractivity contribution in [3.8, 4) is 5.75 Å². The molecular weight excluding hydrogens is 240 g/mol. The summed E-state index contributed by atoms with van der Waals surface area (Å²) in [5.74, 6) is -1.28. The number of aromatic hydroxyl groups is 1. The van der Waals surface area contributed by atoms with E-state index in [0.717, 1.165) is 5.56 Å². The standard InChI is InChI=1S/C16H14O3/c17-15-13(10-5-11-14(15)16(18)19)9-4-8-12-6-2-1-3-7-12/h1-8,10-11,17H,9H2,(H,18,19)/b8-4+. The normalized spacial score (nSPS) is 10.7. The summed E-state index contributed by atoms with van der Waals surface area (Å²) in [5, 5.41) is 18.8. The number of carboxylic acid groups (broad SMARTS) is 1. The van der Waals surface area contributed by atoms with Crippen molar-refractivity contribution >= 4 is 12.0 Å². The van der Waals surface area contributed by atoms with Crippen molar-refractivity contribution in [3.05, 3.63) is 71.3 Å². The zero-order valence-corrected chi connectivity index (χ0v) is 10.3. The number of aromatic carboxylic acids is 1. The number of phenols is 1. The average Bonchev–Trinajstić information content (AvgIpc) is 2.41. The Labute approximate surface area is 111 Å². The predicted octanol–water partition coefficient (Wildman–Crippen LogP) is 3.35. The monoisotopic (exact) mass is 254 g/mol. The summed E-state index contributed by atoms with van der Waals surface area (Å²) in [7, 11) is 0. The number of hydrogen-bond donors (Lipinski definition) is 2. The molecule has 0 aromatic heterocycles. The fourth-order valence-electron chi connectivity index (χ4n) is 1.81. The van der Waals surface area contributed by atoms with Gasteiger partial charge in [0.1, 0.15) is 11.3 Å². The van der Waals surface area contributed by atoms with Crippen LogP contribution in [0.15, 0.2) is 54.6 Å². The maximum Gasteiger partial charge on any atom is 0.339 e. The molecule has 0 fully saturated rings. The van der Waals surface area contributed by atoms with Crippen LogP contribution >= 0.6 is 0 Å². The zero-order chi connectivity index (χ0) is 13.7. The third-order valence-corrected chi connectivity index (χ3v) is 2.80. The van der Waals surface area contributed by atoms with E-state index in [-0.39, 0.29) is 11.3 Å². The first-order chi connectivity index (χ1) is 9.18. The van der Waals surface area contributed by atoms with Crippen LogP contribution in [-0.2, 0) is 6.42 Å². The predicted molar refractivity (Wildman–Crippen MR) is 74.2 cm³/mol. The molecule has 0 unspecified atom stereocenters. The van der Waals surface area contributed by atoms with Gasteiger partial charge in [-0.25, -0.2) is 4.79 Å². The molecule has 96 valence electrons. The largest absolute Gasteiger partial charge is 0.507 e. The number of para-hydroxylation sites is 1. The van der Waals surface area contributed by atoms with Crippen LogP contribution in [0.4, 0.5) is 0 Å². The van der Waals surface area contributed by atoms with Crippen LogP contribution in [0.25, 0.3) is 6.08 Å². The highest BCUT2D eigenvalue weighted by Crippen LogP contribution is 2.23. The molecule has 0 aliphatic heterocycles. The van der Waals surface area contributed by atoms with Gasteiger partial charge in [0.15, 0.2) is 0 Å². The molecule has 0 bridgehead atoms. The highest BCUT2D eigenvalue weighted by Gasteiger charge is 2.11. The Bertz CT molecular complexity index is 601. The molecule has 0 amide bonds. The Morgan fingerprint density at radius 1 is 1.05 bits per heavy atom. The molecule has 3 heteroatoms. The molecule has 2 aromatic rings. The molecule has 0 saturated heterocycles. The van der Waals surface area contributed by atoms with E-state index in [2.05, 4.69) is 0 Å². The van der Waals surface area contributed by atoms with Gasteiger partial charge in [-0.3, -0.25) is 0 Å². The van der Waals surface area contributed by atoms with Gasteiger partial charge in [0.05, 0.1) is 0 Å². The Kier molecular flexibility index (Phi) is 3.98. The lowest BCUT2D eigenvalue weighted by molar-refractivity contribution is 0.0693. The molecule has 2 aromatic carbocycles. The van der Waals surface area contributed by atoms with E-state index in [4.69, 9.17) is 5.11 Å². The Morgan fingerprint density at radius 2 is 1.79 bits per heavy atom. The molecule has 2 N–H and O–H groups in total. The third kappa shape index (κ3) is 3.22. The van der Waals surface area contributed by atoms with Gasteiger partial charge in [0.2, 0.25) is 0 Å². The average molecular weight is 254 g/mol. The minimum atomic E-state index is -1.12. The summed E-state index contributed by atoms with van der Waals surface area (Å²) in [6.45, 7) is 0. The fourth-order valence-corrected chi connectivity index (χ4v) is 1.81. The van der Waals surface area contributed by atoms with Crippen molar-refractivity contribution in [1.29, 1.82) is 0 Å². The van der Waals surface area contributed by atoms with E-state index < -0.39 is 5.97 Å². The Morgan fingerprint density at radius 3 is 2.47 bits per heavy atom. The topological polar surface area (TPSA) is 57.5 Å². The van der Waals surface area contributed by atoms with Gasteiger partial charge in [-0.1, -0.05) is 54.6 Å². The lowest BCUT2D eigenvalue weighted by atomic mass is 10.1. The van der Waals surface area contributed by atoms with Gasteiger partial charge in [-0.05, 0) is 23.6 Å². The lowest BCUT2D eigenvalue weighted by Crippen LogP contribution is -1.98. The Balaban J connectivity index is 2.14. The van der Waals surface area contributed by atoms with E-state index in [1.807, 2.05) is 42.5 Å². The van der Waals surface area contributed by atoms with Crippen molar-refractivity contribution in [2.24, 2.45) is 0 Å². The number of carboxylic acids is 1. The quantitative estimate of drug-likeness (QED) is 0.879. The van der Waals surface area contributed by atoms with Gasteiger partial charge in [0.25, 0.3) is 0 Å². The second kappa shape index (κ2) is 5.87. The smallest absolute Gasteiger partial charge is 0.339 e. The summed E-state index contributed by atoms with van der Waals surface area (Å²) < 4.78 is 0. The van der Waals surface area contributed by atoms with Crippen LogP contribution in [0.2, 0.25) is 0 Å². The molecule has 0 saturated carbocycles. The van der Waals surface area contributed by atoms with Gasteiger partial charge < -0.3 is 10.2 Å². The van der Waals surface area contributed by atoms with Gasteiger partial charge in [0, 0.05) is 0 Å². The summed E-state index contributed by atoms with van der Waals surface area (Å²) in [5.41, 5.74) is 1.61. The van der Waals surface area contributed by atoms with Crippen LogP contribution in [0.5, 0.6) is 5.75 Å². The van der Waals surface area contributed by atoms with E-state index in [9.17, 15) is 9.90 Å². The van der Waals surface area contributed by atoms with E-state index in [1.165, 1.54) is 6.07 Å². The fraction of sp³-hybridized carbons (Fsp3) is 0.0625. The van der Waals surface area contributed by atoms with Crippen molar-refractivity contribution in [2.75, 3.05) is 0 Å². The molecular formula is C16H14O3. The van der Waals surface area contributed by atoms with Gasteiger partial charge in [-0.2, -0.15) is 0 Å². The molecule has 19 heavy (non-hydrogen) atoms. The minimum absolute atomic E-state index is 0.0642. The summed E-state index contributed by atoms with van der Waals surface area (Å²) >= 11 is 0. The number of allylic oxidation sites excluding steroid dienone is 1. The molecule has 0 atom stereocenters. The zero-order valence-electron chi connectivity index (χ0n) is 10.3. The number of carbonyl (C=O) groups is 1. The molecule has 0 spiro atoms. The van der Waals surface area contributed by atoms with Gasteiger partial charge >= 0.3 is 5.97 Å². The molecule has 0 heterocycles. The molecule has 2 rings (SSSR count). The van der Waals surface area contributed by atoms with Crippen LogP contribution in [0.1, 0.15) is 21.5 Å². The maximum atomic E-state index is 10.9. The molecule has 0 aliphatic rings. The van der Waals surface area contributed by atoms with E-state index in [1.54, 1.807) is 12.1 Å². The number of benzene rings is 2. The third-order valence-electron chi connectivity index (χ3n) is 2.80. The summed E-state index contributed by atoms with van der Waals surface area (Å²) in [6, 6.07) is 14.5. The first-order valence-corrected chi connectivity index (χ1v) is 5.94. The van der Waals surface area contributed by atoms with Crippen molar-refractivity contribution in [2.45, 2.75) is 6.42 Å². The lowest BCUT2D eigenvalue weighted by Gasteiger charge is -2.04. The van der Waals surface area contributed by atoms with Crippen LogP contribution in [-0.4, -0.2) is 16.2 Å². The van der Waals surface area contributed by atoms with Crippen LogP contribution in [0, 0.1) is 0 Å². The van der Waals surface area contributed by atoms with Crippen molar-refractivity contribution < 1.29 is 15.0 Å². The van der Waals surface area contributed by atoms with Crippen molar-refractivity contribution in [3.63, 3.8) is 0 Å². The summed E-state index contributed by atoms with van der Waals surface area (Å²) in [4.78, 5) is 10.9. The van der Waals surface area contributed by atoms with E-state index >= 15 is 0 Å². The second-order valence-electron chi connectivity index (χ2n) is 4.14. The van der Waals surface area contributed by atoms with E-state index in [0.29, 0.717) is 12.0 Å². The maximum absolute atomic E-state index is 10.9. The molecule has 0 aliphatic carbocycles.